The fraction of sp³-hybridized carbons (Fsp3) is 0.565. The first-order chi connectivity index (χ1) is 15.1. The van der Waals surface area contributed by atoms with E-state index in [0.29, 0.717) is 23.7 Å². The minimum atomic E-state index is -0.413. The Morgan fingerprint density at radius 2 is 2.00 bits per heavy atom. The number of likely N-dealkylation sites (tertiary alicyclic amines) is 1. The monoisotopic (exact) mass is 444 g/mol. The van der Waals surface area contributed by atoms with Crippen molar-refractivity contribution in [1.29, 1.82) is 0 Å². The molecule has 166 valence electrons. The number of rotatable bonds is 6. The Hall–Kier alpha value is -2.25. The number of nitrogens with zero attached hydrogens (tertiary/aromatic N) is 1. The normalized spacial score (nSPS) is 20.2. The minimum absolute atomic E-state index is 0.194. The van der Waals surface area contributed by atoms with Crippen LogP contribution in [0.15, 0.2) is 16.5 Å². The third kappa shape index (κ3) is 3.89. The van der Waals surface area contributed by atoms with E-state index in [1.807, 2.05) is 17.0 Å². The maximum absolute atomic E-state index is 12.4. The number of carbonyl (C=O) groups is 2. The molecule has 3 aliphatic rings. The highest BCUT2D eigenvalue weighted by Crippen LogP contribution is 2.48. The van der Waals surface area contributed by atoms with E-state index in [1.165, 1.54) is 6.42 Å². The summed E-state index contributed by atoms with van der Waals surface area (Å²) in [6.07, 6.45) is 7.71. The molecule has 2 aromatic rings. The zero-order valence-electron chi connectivity index (χ0n) is 17.7. The molecule has 7 nitrogen and oxygen atoms in total. The minimum Gasteiger partial charge on any atom is -0.459 e. The van der Waals surface area contributed by atoms with Gasteiger partial charge in [-0.3, -0.25) is 4.79 Å². The molecule has 8 heteroatoms. The predicted octanol–water partition coefficient (Wildman–Crippen LogP) is 4.48. The number of hydrogen-bond acceptors (Lipinski definition) is 4. The zero-order chi connectivity index (χ0) is 21.4. The molecule has 0 atom stereocenters. The Labute approximate surface area is 186 Å². The molecule has 3 amide bonds. The molecule has 3 N–H and O–H groups in total. The van der Waals surface area contributed by atoms with Crippen LogP contribution in [-0.2, 0) is 16.9 Å². The molecule has 1 aromatic heterocycles. The highest BCUT2D eigenvalue weighted by molar-refractivity contribution is 6.35. The highest BCUT2D eigenvalue weighted by atomic mass is 35.5. The molecular weight excluding hydrogens is 416 g/mol. The maximum Gasteiger partial charge on any atom is 0.319 e. The molecule has 2 fully saturated rings. The summed E-state index contributed by atoms with van der Waals surface area (Å²) < 4.78 is 6.30. The van der Waals surface area contributed by atoms with Crippen LogP contribution in [0.1, 0.15) is 62.7 Å². The second kappa shape index (κ2) is 8.36. The van der Waals surface area contributed by atoms with E-state index in [0.717, 1.165) is 80.5 Å². The zero-order valence-corrected chi connectivity index (χ0v) is 18.4. The molecule has 1 aromatic carbocycles. The van der Waals surface area contributed by atoms with Crippen molar-refractivity contribution in [3.8, 4) is 0 Å². The molecule has 1 spiro atoms. The lowest BCUT2D eigenvalue weighted by Crippen LogP contribution is -2.52. The van der Waals surface area contributed by atoms with Gasteiger partial charge in [0.2, 0.25) is 5.91 Å². The first kappa shape index (κ1) is 20.6. The Bertz CT molecular complexity index is 1010. The number of fused-ring (bicyclic) bond motifs is 4. The quantitative estimate of drug-likeness (QED) is 0.573. The van der Waals surface area contributed by atoms with Crippen LogP contribution in [-0.4, -0.2) is 36.5 Å². The van der Waals surface area contributed by atoms with Crippen LogP contribution < -0.4 is 16.0 Å². The first-order valence-electron chi connectivity index (χ1n) is 11.4. The summed E-state index contributed by atoms with van der Waals surface area (Å²) in [6.45, 7) is 3.13. The highest BCUT2D eigenvalue weighted by Gasteiger charge is 2.43. The molecule has 31 heavy (non-hydrogen) atoms. The van der Waals surface area contributed by atoms with Gasteiger partial charge in [-0.15, -0.1) is 0 Å². The lowest BCUT2D eigenvalue weighted by Gasteiger charge is -2.42. The maximum atomic E-state index is 12.4. The Morgan fingerprint density at radius 3 is 2.77 bits per heavy atom. The van der Waals surface area contributed by atoms with Gasteiger partial charge in [0.15, 0.2) is 0 Å². The summed E-state index contributed by atoms with van der Waals surface area (Å²) in [6, 6.07) is 3.72. The van der Waals surface area contributed by atoms with Crippen LogP contribution in [0.5, 0.6) is 0 Å². The Kier molecular flexibility index (Phi) is 5.56. The summed E-state index contributed by atoms with van der Waals surface area (Å²) in [5.74, 6) is 1.12. The summed E-state index contributed by atoms with van der Waals surface area (Å²) in [5, 5.41) is 11.0. The van der Waals surface area contributed by atoms with Gasteiger partial charge in [0.25, 0.3) is 0 Å². The van der Waals surface area contributed by atoms with Crippen molar-refractivity contribution in [3.63, 3.8) is 0 Å². The standard InChI is InChI=1S/C23H29ClN4O3/c24-17-13-15-12-16(14-25-9-5-11-28-10-4-6-18(28)29)31-21(15)19-20(17)26-22(30)27-23(19)7-2-1-3-8-23/h12-13,25H,1-11,14H2,(H2,26,27,30). The van der Waals surface area contributed by atoms with Crippen molar-refractivity contribution in [3.05, 3.63) is 28.5 Å². The molecule has 3 heterocycles. The van der Waals surface area contributed by atoms with Crippen LogP contribution >= 0.6 is 11.6 Å². The van der Waals surface area contributed by atoms with Crippen molar-refractivity contribution in [2.45, 2.75) is 63.5 Å². The average molecular weight is 445 g/mol. The van der Waals surface area contributed by atoms with Crippen LogP contribution in [0, 0.1) is 0 Å². The van der Waals surface area contributed by atoms with Crippen LogP contribution in [0.4, 0.5) is 10.5 Å². The Balaban J connectivity index is 1.33. The summed E-state index contributed by atoms with van der Waals surface area (Å²) in [7, 11) is 0. The molecule has 2 aliphatic heterocycles. The van der Waals surface area contributed by atoms with Gasteiger partial charge in [-0.05, 0) is 44.4 Å². The molecular formula is C23H29ClN4O3. The van der Waals surface area contributed by atoms with Gasteiger partial charge in [0.1, 0.15) is 11.3 Å². The summed E-state index contributed by atoms with van der Waals surface area (Å²) in [5.41, 5.74) is 2.08. The fourth-order valence-corrected chi connectivity index (χ4v) is 5.63. The number of anilines is 1. The summed E-state index contributed by atoms with van der Waals surface area (Å²) in [4.78, 5) is 26.0. The summed E-state index contributed by atoms with van der Waals surface area (Å²) >= 11 is 6.59. The first-order valence-corrected chi connectivity index (χ1v) is 11.8. The molecule has 1 saturated carbocycles. The Morgan fingerprint density at radius 1 is 1.16 bits per heavy atom. The van der Waals surface area contributed by atoms with Crippen LogP contribution in [0.3, 0.4) is 0 Å². The fourth-order valence-electron chi connectivity index (χ4n) is 5.37. The molecule has 1 saturated heterocycles. The van der Waals surface area contributed by atoms with E-state index >= 15 is 0 Å². The van der Waals surface area contributed by atoms with E-state index in [9.17, 15) is 9.59 Å². The number of furan rings is 1. The number of amides is 3. The van der Waals surface area contributed by atoms with Crippen LogP contribution in [0.2, 0.25) is 5.02 Å². The molecule has 0 radical (unpaired) electrons. The number of hydrogen-bond donors (Lipinski definition) is 3. The number of benzene rings is 1. The average Bonchev–Trinajstić information content (AvgIpc) is 3.34. The van der Waals surface area contributed by atoms with Gasteiger partial charge >= 0.3 is 6.03 Å². The lowest BCUT2D eigenvalue weighted by molar-refractivity contribution is -0.127. The van der Waals surface area contributed by atoms with E-state index < -0.39 is 5.54 Å². The van der Waals surface area contributed by atoms with E-state index in [-0.39, 0.29) is 11.9 Å². The number of halogens is 1. The van der Waals surface area contributed by atoms with E-state index in [1.54, 1.807) is 0 Å². The van der Waals surface area contributed by atoms with Gasteiger partial charge in [0, 0.05) is 30.5 Å². The smallest absolute Gasteiger partial charge is 0.319 e. The number of nitrogens with one attached hydrogen (secondary N) is 3. The van der Waals surface area contributed by atoms with Crippen molar-refractivity contribution < 1.29 is 14.0 Å². The van der Waals surface area contributed by atoms with Gasteiger partial charge in [-0.2, -0.15) is 0 Å². The second-order valence-corrected chi connectivity index (χ2v) is 9.38. The van der Waals surface area contributed by atoms with Crippen molar-refractivity contribution in [2.24, 2.45) is 0 Å². The molecule has 0 unspecified atom stereocenters. The second-order valence-electron chi connectivity index (χ2n) is 8.98. The topological polar surface area (TPSA) is 86.6 Å². The number of carbonyl (C=O) groups excluding carboxylic acids is 2. The third-order valence-electron chi connectivity index (χ3n) is 6.84. The van der Waals surface area contributed by atoms with Crippen molar-refractivity contribution >= 4 is 40.2 Å². The van der Waals surface area contributed by atoms with E-state index in [2.05, 4.69) is 16.0 Å². The van der Waals surface area contributed by atoms with Crippen molar-refractivity contribution in [1.82, 2.24) is 15.5 Å². The van der Waals surface area contributed by atoms with Crippen molar-refractivity contribution in [2.75, 3.05) is 25.0 Å². The molecule has 5 rings (SSSR count). The van der Waals surface area contributed by atoms with E-state index in [4.69, 9.17) is 16.0 Å². The van der Waals surface area contributed by atoms with Crippen LogP contribution in [0.25, 0.3) is 11.0 Å². The van der Waals surface area contributed by atoms with Gasteiger partial charge < -0.3 is 25.3 Å². The largest absolute Gasteiger partial charge is 0.459 e. The van der Waals surface area contributed by atoms with Gasteiger partial charge in [-0.1, -0.05) is 30.9 Å². The van der Waals surface area contributed by atoms with Gasteiger partial charge in [-0.25, -0.2) is 4.79 Å². The van der Waals surface area contributed by atoms with Gasteiger partial charge in [0.05, 0.1) is 22.8 Å². The lowest BCUT2D eigenvalue weighted by atomic mass is 9.74. The predicted molar refractivity (Wildman–Crippen MR) is 120 cm³/mol. The third-order valence-corrected chi connectivity index (χ3v) is 7.14. The molecule has 0 bridgehead atoms. The number of urea groups is 1. The SMILES string of the molecule is O=C1Nc2c(Cl)cc3cc(CNCCCN4CCCC4=O)oc3c2C2(CCCCC2)N1. The molecule has 1 aliphatic carbocycles.